The van der Waals surface area contributed by atoms with E-state index in [4.69, 9.17) is 19.9 Å². The van der Waals surface area contributed by atoms with Gasteiger partial charge in [-0.05, 0) is 0 Å². The summed E-state index contributed by atoms with van der Waals surface area (Å²) in [6.07, 6.45) is -2.44. The van der Waals surface area contributed by atoms with E-state index in [0.717, 1.165) is 0 Å². The van der Waals surface area contributed by atoms with Gasteiger partial charge in [-0.15, -0.1) is 0 Å². The summed E-state index contributed by atoms with van der Waals surface area (Å²) >= 11 is 0. The largest absolute Gasteiger partial charge is 0.462 e. The third-order valence-electron chi connectivity index (χ3n) is 5.08. The van der Waals surface area contributed by atoms with E-state index in [1.54, 1.807) is 27.7 Å². The van der Waals surface area contributed by atoms with Crippen LogP contribution in [0.5, 0.6) is 0 Å². The Bertz CT molecular complexity index is 1100. The molecule has 0 spiro atoms. The fourth-order valence-corrected chi connectivity index (χ4v) is 3.23. The Morgan fingerprint density at radius 2 is 2.03 bits per heavy atom. The maximum atomic E-state index is 15.7. The number of hydrogen-bond acceptors (Lipinski definition) is 9. The van der Waals surface area contributed by atoms with Crippen LogP contribution in [0.15, 0.2) is 23.8 Å². The predicted molar refractivity (Wildman–Crippen MR) is 111 cm³/mol. The van der Waals surface area contributed by atoms with Crippen LogP contribution in [0.4, 0.5) is 10.3 Å². The Labute approximate surface area is 182 Å². The standard InChI is InChI=1S/C20H26FN5O6/c1-6-20(7-30-17(28)9(2)3)13(31-18(29)10(4)5)11(21)16(32-20)26-8-23-12-14(26)24-19(22)25-15(12)27/h6,8-11,13,16H,1,7H2,2-5H3,(H3,22,24,25,27)/t11-,13+,16?,20-/m1/s1. The molecule has 0 radical (unpaired) electrons. The first-order chi connectivity index (χ1) is 15.0. The average molecular weight is 451 g/mol. The topological polar surface area (TPSA) is 151 Å². The maximum Gasteiger partial charge on any atom is 0.308 e. The smallest absolute Gasteiger partial charge is 0.308 e. The minimum absolute atomic E-state index is 0.0214. The SMILES string of the molecule is C=C[C@]1(COC(=O)C(C)C)OC(n2cnc3c(=O)[nH]c(N)nc32)[C@H](F)[C@@H]1OC(=O)C(C)C. The predicted octanol–water partition coefficient (Wildman–Crippen LogP) is 1.26. The summed E-state index contributed by atoms with van der Waals surface area (Å²) < 4.78 is 33.6. The molecule has 32 heavy (non-hydrogen) atoms. The Balaban J connectivity index is 2.04. The molecule has 3 N–H and O–H groups in total. The van der Waals surface area contributed by atoms with Crippen molar-refractivity contribution in [1.29, 1.82) is 0 Å². The summed E-state index contributed by atoms with van der Waals surface area (Å²) in [5.74, 6) is -2.39. The molecule has 0 aliphatic carbocycles. The van der Waals surface area contributed by atoms with Gasteiger partial charge in [-0.3, -0.25) is 23.9 Å². The molecule has 12 heteroatoms. The van der Waals surface area contributed by atoms with Crippen LogP contribution in [0.3, 0.4) is 0 Å². The van der Waals surface area contributed by atoms with Crippen molar-refractivity contribution in [3.05, 3.63) is 29.3 Å². The Kier molecular flexibility index (Phi) is 6.35. The van der Waals surface area contributed by atoms with Gasteiger partial charge in [0.25, 0.3) is 5.56 Å². The molecule has 2 aromatic rings. The van der Waals surface area contributed by atoms with Gasteiger partial charge in [0, 0.05) is 0 Å². The van der Waals surface area contributed by atoms with Crippen LogP contribution in [0.25, 0.3) is 11.2 Å². The quantitative estimate of drug-likeness (QED) is 0.468. The van der Waals surface area contributed by atoms with Gasteiger partial charge in [-0.2, -0.15) is 4.98 Å². The van der Waals surface area contributed by atoms with Gasteiger partial charge >= 0.3 is 11.9 Å². The summed E-state index contributed by atoms with van der Waals surface area (Å²) in [4.78, 5) is 46.7. The van der Waals surface area contributed by atoms with Crippen molar-refractivity contribution in [2.45, 2.75) is 51.8 Å². The second-order valence-corrected chi connectivity index (χ2v) is 8.16. The number of ether oxygens (including phenoxy) is 3. The first kappa shape index (κ1) is 23.4. The molecule has 0 aromatic carbocycles. The number of aromatic nitrogens is 4. The molecule has 0 bridgehead atoms. The lowest BCUT2D eigenvalue weighted by atomic mass is 9.96. The van der Waals surface area contributed by atoms with E-state index in [0.29, 0.717) is 0 Å². The van der Waals surface area contributed by atoms with Gasteiger partial charge in [-0.1, -0.05) is 40.3 Å². The fraction of sp³-hybridized carbons (Fsp3) is 0.550. The lowest BCUT2D eigenvalue weighted by molar-refractivity contribution is -0.172. The van der Waals surface area contributed by atoms with Crippen LogP contribution in [-0.4, -0.2) is 55.9 Å². The second-order valence-electron chi connectivity index (χ2n) is 8.16. The molecule has 1 fully saturated rings. The zero-order chi connectivity index (χ0) is 23.8. The van der Waals surface area contributed by atoms with Gasteiger partial charge in [0.2, 0.25) is 5.95 Å². The zero-order valence-corrected chi connectivity index (χ0v) is 18.2. The van der Waals surface area contributed by atoms with E-state index in [1.165, 1.54) is 17.0 Å². The van der Waals surface area contributed by atoms with Crippen molar-refractivity contribution in [1.82, 2.24) is 19.5 Å². The molecular formula is C20H26FN5O6. The minimum atomic E-state index is -1.94. The average Bonchev–Trinajstić information content (AvgIpc) is 3.26. The monoisotopic (exact) mass is 451 g/mol. The van der Waals surface area contributed by atoms with Gasteiger partial charge in [0.15, 0.2) is 35.3 Å². The van der Waals surface area contributed by atoms with Gasteiger partial charge in [-0.25, -0.2) is 9.37 Å². The lowest BCUT2D eigenvalue weighted by Gasteiger charge is -2.31. The van der Waals surface area contributed by atoms with Crippen LogP contribution < -0.4 is 11.3 Å². The molecule has 174 valence electrons. The number of alkyl halides is 1. The number of halogens is 1. The van der Waals surface area contributed by atoms with Crippen molar-refractivity contribution in [2.75, 3.05) is 12.3 Å². The van der Waals surface area contributed by atoms with Gasteiger partial charge in [0.05, 0.1) is 18.2 Å². The number of nitrogen functional groups attached to an aromatic ring is 1. The molecule has 11 nitrogen and oxygen atoms in total. The maximum absolute atomic E-state index is 15.7. The summed E-state index contributed by atoms with van der Waals surface area (Å²) in [6, 6.07) is 0. The molecule has 0 amide bonds. The molecule has 0 saturated carbocycles. The molecule has 2 aromatic heterocycles. The first-order valence-electron chi connectivity index (χ1n) is 10.1. The molecule has 3 rings (SSSR count). The number of anilines is 1. The number of aromatic amines is 1. The number of nitrogens with one attached hydrogen (secondary N) is 1. The molecular weight excluding hydrogens is 425 g/mol. The van der Waals surface area contributed by atoms with Crippen molar-refractivity contribution in [3.63, 3.8) is 0 Å². The third-order valence-corrected chi connectivity index (χ3v) is 5.08. The normalized spacial score (nSPS) is 25.4. The Morgan fingerprint density at radius 1 is 1.38 bits per heavy atom. The number of fused-ring (bicyclic) bond motifs is 1. The van der Waals surface area contributed by atoms with Crippen LogP contribution in [0.1, 0.15) is 33.9 Å². The number of nitrogens with zero attached hydrogens (tertiary/aromatic N) is 3. The van der Waals surface area contributed by atoms with E-state index in [2.05, 4.69) is 21.5 Å². The van der Waals surface area contributed by atoms with E-state index in [-0.39, 0.29) is 17.1 Å². The van der Waals surface area contributed by atoms with Crippen LogP contribution >= 0.6 is 0 Å². The number of rotatable bonds is 7. The highest BCUT2D eigenvalue weighted by Crippen LogP contribution is 2.43. The van der Waals surface area contributed by atoms with Gasteiger partial charge in [0.1, 0.15) is 6.61 Å². The first-order valence-corrected chi connectivity index (χ1v) is 10.1. The summed E-state index contributed by atoms with van der Waals surface area (Å²) in [6.45, 7) is 9.72. The number of imidazole rings is 1. The number of carbonyl (C=O) groups excluding carboxylic acids is 2. The molecule has 1 aliphatic rings. The van der Waals surface area contributed by atoms with E-state index in [9.17, 15) is 14.4 Å². The number of hydrogen-bond donors (Lipinski definition) is 2. The van der Waals surface area contributed by atoms with Crippen molar-refractivity contribution in [3.8, 4) is 0 Å². The minimum Gasteiger partial charge on any atom is -0.462 e. The van der Waals surface area contributed by atoms with Crippen molar-refractivity contribution < 1.29 is 28.2 Å². The number of esters is 2. The molecule has 1 unspecified atom stereocenters. The van der Waals surface area contributed by atoms with E-state index >= 15 is 4.39 Å². The summed E-state index contributed by atoms with van der Waals surface area (Å²) in [5, 5.41) is 0. The summed E-state index contributed by atoms with van der Waals surface area (Å²) in [5.41, 5.74) is 3.22. The van der Waals surface area contributed by atoms with Gasteiger partial charge < -0.3 is 19.9 Å². The highest BCUT2D eigenvalue weighted by Gasteiger charge is 2.58. The fourth-order valence-electron chi connectivity index (χ4n) is 3.23. The van der Waals surface area contributed by atoms with Crippen LogP contribution in [0, 0.1) is 11.8 Å². The Morgan fingerprint density at radius 3 is 2.62 bits per heavy atom. The van der Waals surface area contributed by atoms with Crippen molar-refractivity contribution in [2.24, 2.45) is 11.8 Å². The van der Waals surface area contributed by atoms with E-state index < -0.39 is 60.0 Å². The number of nitrogens with two attached hydrogens (primary N) is 1. The highest BCUT2D eigenvalue weighted by molar-refractivity contribution is 5.73. The van der Waals surface area contributed by atoms with Crippen molar-refractivity contribution >= 4 is 29.1 Å². The summed E-state index contributed by atoms with van der Waals surface area (Å²) in [7, 11) is 0. The third kappa shape index (κ3) is 4.09. The molecule has 1 aliphatic heterocycles. The van der Waals surface area contributed by atoms with Crippen LogP contribution in [0.2, 0.25) is 0 Å². The highest BCUT2D eigenvalue weighted by atomic mass is 19.1. The van der Waals surface area contributed by atoms with Crippen LogP contribution in [-0.2, 0) is 23.8 Å². The molecule has 4 atom stereocenters. The lowest BCUT2D eigenvalue weighted by Crippen LogP contribution is -2.48. The molecule has 1 saturated heterocycles. The Hall–Kier alpha value is -3.28. The van der Waals surface area contributed by atoms with E-state index in [1.807, 2.05) is 0 Å². The number of carbonyl (C=O) groups is 2. The number of H-pyrrole nitrogens is 1. The zero-order valence-electron chi connectivity index (χ0n) is 18.2. The molecule has 3 heterocycles. The second kappa shape index (κ2) is 8.69.